The van der Waals surface area contributed by atoms with Crippen LogP contribution in [-0.2, 0) is 0 Å². The van der Waals surface area contributed by atoms with Gasteiger partial charge in [-0.3, -0.25) is 9.36 Å². The van der Waals surface area contributed by atoms with Gasteiger partial charge in [0.15, 0.2) is 0 Å². The van der Waals surface area contributed by atoms with Crippen molar-refractivity contribution in [3.8, 4) is 5.13 Å². The molecule has 2 aromatic rings. The molecule has 1 amide bonds. The third-order valence-corrected chi connectivity index (χ3v) is 7.14. The lowest BCUT2D eigenvalue weighted by Gasteiger charge is -2.34. The zero-order valence-electron chi connectivity index (χ0n) is 18.6. The molecule has 0 aromatic carbocycles. The highest BCUT2D eigenvalue weighted by molar-refractivity contribution is 7.17. The van der Waals surface area contributed by atoms with Crippen LogP contribution in [0.1, 0.15) is 49.5 Å². The molecule has 0 unspecified atom stereocenters. The number of rotatable bonds is 9. The average molecular weight is 446 g/mol. The van der Waals surface area contributed by atoms with Crippen molar-refractivity contribution in [2.24, 2.45) is 0 Å². The van der Waals surface area contributed by atoms with Crippen molar-refractivity contribution in [3.63, 3.8) is 0 Å². The quantitative estimate of drug-likeness (QED) is 0.598. The van der Waals surface area contributed by atoms with Crippen molar-refractivity contribution in [1.29, 1.82) is 0 Å². The molecule has 4 heterocycles. The van der Waals surface area contributed by atoms with Crippen molar-refractivity contribution in [3.05, 3.63) is 24.0 Å². The zero-order valence-corrected chi connectivity index (χ0v) is 19.4. The fourth-order valence-corrected chi connectivity index (χ4v) is 5.29. The first kappa shape index (κ1) is 22.2. The number of hydrogen-bond acceptors (Lipinski definition) is 7. The Morgan fingerprint density at radius 3 is 2.45 bits per heavy atom. The summed E-state index contributed by atoms with van der Waals surface area (Å²) < 4.78 is 1.85. The molecule has 170 valence electrons. The molecule has 2 aliphatic rings. The van der Waals surface area contributed by atoms with Gasteiger partial charge in [-0.05, 0) is 57.3 Å². The molecule has 4 rings (SSSR count). The molecule has 1 N–H and O–H groups in total. The van der Waals surface area contributed by atoms with Crippen molar-refractivity contribution in [2.75, 3.05) is 63.8 Å². The van der Waals surface area contributed by atoms with E-state index in [9.17, 15) is 4.79 Å². The van der Waals surface area contributed by atoms with Crippen LogP contribution in [0.15, 0.2) is 18.3 Å². The fraction of sp³-hybridized carbons (Fsp3) is 0.682. The van der Waals surface area contributed by atoms with Crippen LogP contribution in [0.4, 0.5) is 5.13 Å². The highest BCUT2D eigenvalue weighted by atomic mass is 32.1. The van der Waals surface area contributed by atoms with Crippen molar-refractivity contribution in [2.45, 2.75) is 39.0 Å². The summed E-state index contributed by atoms with van der Waals surface area (Å²) in [6, 6.07) is 3.75. The second-order valence-corrected chi connectivity index (χ2v) is 9.41. The Morgan fingerprint density at radius 2 is 1.71 bits per heavy atom. The predicted molar refractivity (Wildman–Crippen MR) is 125 cm³/mol. The van der Waals surface area contributed by atoms with E-state index in [1.807, 2.05) is 22.9 Å². The van der Waals surface area contributed by atoms with Crippen LogP contribution in [0.25, 0.3) is 5.13 Å². The molecular weight excluding hydrogens is 410 g/mol. The molecule has 9 heteroatoms. The van der Waals surface area contributed by atoms with Gasteiger partial charge in [-0.15, -0.1) is 10.2 Å². The summed E-state index contributed by atoms with van der Waals surface area (Å²) in [5.41, 5.74) is 0.620. The van der Waals surface area contributed by atoms with Crippen LogP contribution in [0.2, 0.25) is 0 Å². The molecular formula is C22H35N7OS. The first-order valence-corrected chi connectivity index (χ1v) is 12.6. The Labute approximate surface area is 189 Å². The number of piperidine rings is 1. The Bertz CT molecular complexity index is 821. The van der Waals surface area contributed by atoms with Gasteiger partial charge in [0.25, 0.3) is 5.91 Å². The summed E-state index contributed by atoms with van der Waals surface area (Å²) in [6.45, 7) is 11.8. The maximum absolute atomic E-state index is 12.8. The van der Waals surface area contributed by atoms with Gasteiger partial charge in [-0.25, -0.2) is 0 Å². The monoisotopic (exact) mass is 445 g/mol. The normalized spacial score (nSPS) is 18.4. The zero-order chi connectivity index (χ0) is 21.5. The molecule has 0 atom stereocenters. The molecule has 0 aliphatic carbocycles. The Morgan fingerprint density at radius 1 is 1.00 bits per heavy atom. The smallest absolute Gasteiger partial charge is 0.268 e. The molecule has 2 aliphatic heterocycles. The van der Waals surface area contributed by atoms with E-state index in [-0.39, 0.29) is 5.91 Å². The van der Waals surface area contributed by atoms with E-state index in [1.165, 1.54) is 32.2 Å². The van der Waals surface area contributed by atoms with Gasteiger partial charge in [-0.2, -0.15) is 0 Å². The lowest BCUT2D eigenvalue weighted by Crippen LogP contribution is -2.47. The number of nitrogens with zero attached hydrogens (tertiary/aromatic N) is 6. The number of hydrogen-bond donors (Lipinski definition) is 1. The van der Waals surface area contributed by atoms with Crippen LogP contribution in [0.3, 0.4) is 0 Å². The number of nitrogens with one attached hydrogen (secondary N) is 1. The third-order valence-electron chi connectivity index (χ3n) is 6.16. The molecule has 8 nitrogen and oxygen atoms in total. The molecule has 0 saturated carbocycles. The molecule has 2 aromatic heterocycles. The first-order chi connectivity index (χ1) is 15.2. The lowest BCUT2D eigenvalue weighted by atomic mass is 10.1. The van der Waals surface area contributed by atoms with Gasteiger partial charge < -0.3 is 20.0 Å². The molecule has 2 saturated heterocycles. The van der Waals surface area contributed by atoms with Crippen LogP contribution in [-0.4, -0.2) is 89.4 Å². The summed E-state index contributed by atoms with van der Waals surface area (Å²) >= 11 is 1.56. The lowest BCUT2D eigenvalue weighted by molar-refractivity contribution is 0.0941. The van der Waals surface area contributed by atoms with Gasteiger partial charge in [0.2, 0.25) is 10.3 Å². The van der Waals surface area contributed by atoms with E-state index < -0.39 is 0 Å². The summed E-state index contributed by atoms with van der Waals surface area (Å²) in [4.78, 5) is 20.1. The maximum atomic E-state index is 12.8. The average Bonchev–Trinajstić information content (AvgIpc) is 3.48. The maximum Gasteiger partial charge on any atom is 0.268 e. The SMILES string of the molecule is CCCN1CCN(CCCNC(=O)c2cccn2-c2nnc(N3CCCCC3)s2)CC1. The molecule has 2 fully saturated rings. The Kier molecular flexibility index (Phi) is 7.93. The molecule has 0 radical (unpaired) electrons. The molecule has 31 heavy (non-hydrogen) atoms. The largest absolute Gasteiger partial charge is 0.351 e. The van der Waals surface area contributed by atoms with Gasteiger partial charge in [-0.1, -0.05) is 18.3 Å². The molecule has 0 bridgehead atoms. The first-order valence-electron chi connectivity index (χ1n) is 11.7. The van der Waals surface area contributed by atoms with Crippen molar-refractivity contribution in [1.82, 2.24) is 29.9 Å². The minimum Gasteiger partial charge on any atom is -0.351 e. The van der Waals surface area contributed by atoms with Gasteiger partial charge in [0.1, 0.15) is 5.69 Å². The van der Waals surface area contributed by atoms with E-state index in [0.717, 1.165) is 62.5 Å². The number of carbonyl (C=O) groups is 1. The number of amides is 1. The summed E-state index contributed by atoms with van der Waals surface area (Å²) in [6.07, 6.45) is 7.80. The third kappa shape index (κ3) is 5.84. The van der Waals surface area contributed by atoms with Gasteiger partial charge in [0.05, 0.1) is 0 Å². The number of anilines is 1. The predicted octanol–water partition coefficient (Wildman–Crippen LogP) is 2.47. The standard InChI is InChI=1S/C22H35N7OS/c1-2-10-26-15-17-27(18-16-26)11-7-9-23-20(30)19-8-6-14-29(19)22-25-24-21(31-22)28-12-4-3-5-13-28/h6,8,14H,2-5,7,9-13,15-18H2,1H3,(H,23,30). The minimum atomic E-state index is -0.0486. The number of carbonyl (C=O) groups excluding carboxylic acids is 1. The highest BCUT2D eigenvalue weighted by Gasteiger charge is 2.19. The topological polar surface area (TPSA) is 69.5 Å². The van der Waals surface area contributed by atoms with Crippen LogP contribution in [0.5, 0.6) is 0 Å². The van der Waals surface area contributed by atoms with Crippen molar-refractivity contribution < 1.29 is 4.79 Å². The van der Waals surface area contributed by atoms with Gasteiger partial charge in [0, 0.05) is 52.0 Å². The summed E-state index contributed by atoms with van der Waals surface area (Å²) in [7, 11) is 0. The van der Waals surface area contributed by atoms with E-state index in [4.69, 9.17) is 0 Å². The van der Waals surface area contributed by atoms with E-state index >= 15 is 0 Å². The highest BCUT2D eigenvalue weighted by Crippen LogP contribution is 2.26. The second kappa shape index (κ2) is 11.1. The van der Waals surface area contributed by atoms with Crippen LogP contribution in [0, 0.1) is 0 Å². The Balaban J connectivity index is 1.24. The number of aromatic nitrogens is 3. The summed E-state index contributed by atoms with van der Waals surface area (Å²) in [5.74, 6) is -0.0486. The van der Waals surface area contributed by atoms with Gasteiger partial charge >= 0.3 is 0 Å². The van der Waals surface area contributed by atoms with E-state index in [0.29, 0.717) is 12.2 Å². The van der Waals surface area contributed by atoms with E-state index in [1.54, 1.807) is 11.3 Å². The summed E-state index contributed by atoms with van der Waals surface area (Å²) in [5, 5.41) is 13.5. The second-order valence-electron chi connectivity index (χ2n) is 8.47. The molecule has 0 spiro atoms. The minimum absolute atomic E-state index is 0.0486. The van der Waals surface area contributed by atoms with Crippen LogP contribution >= 0.6 is 11.3 Å². The number of piperazine rings is 1. The fourth-order valence-electron chi connectivity index (χ4n) is 4.40. The van der Waals surface area contributed by atoms with Crippen molar-refractivity contribution >= 4 is 22.4 Å². The van der Waals surface area contributed by atoms with Crippen LogP contribution < -0.4 is 10.2 Å². The Hall–Kier alpha value is -1.97. The van der Waals surface area contributed by atoms with E-state index in [2.05, 4.69) is 37.1 Å².